The minimum Gasteiger partial charge on any atom is -0.438 e. The molecule has 1 aromatic carbocycles. The van der Waals surface area contributed by atoms with Gasteiger partial charge in [-0.1, -0.05) is 30.3 Å². The van der Waals surface area contributed by atoms with Crippen molar-refractivity contribution in [3.05, 3.63) is 54.0 Å². The van der Waals surface area contributed by atoms with Gasteiger partial charge in [0.15, 0.2) is 18.0 Å². The van der Waals surface area contributed by atoms with Crippen LogP contribution in [0.1, 0.15) is 35.0 Å². The zero-order valence-corrected chi connectivity index (χ0v) is 13.5. The summed E-state index contributed by atoms with van der Waals surface area (Å²) in [6.07, 6.45) is 1.30. The third-order valence-electron chi connectivity index (χ3n) is 4.28. The molecule has 24 heavy (non-hydrogen) atoms. The van der Waals surface area contributed by atoms with E-state index < -0.39 is 0 Å². The van der Waals surface area contributed by atoms with Gasteiger partial charge in [0, 0.05) is 12.1 Å². The van der Waals surface area contributed by atoms with E-state index in [-0.39, 0.29) is 11.9 Å². The Morgan fingerprint density at radius 3 is 2.75 bits per heavy atom. The number of nitrogens with zero attached hydrogens (tertiary/aromatic N) is 5. The Hall–Kier alpha value is -2.96. The highest BCUT2D eigenvalue weighted by Gasteiger charge is 2.31. The van der Waals surface area contributed by atoms with Crippen molar-refractivity contribution in [2.45, 2.75) is 26.4 Å². The van der Waals surface area contributed by atoms with E-state index in [0.29, 0.717) is 24.5 Å². The summed E-state index contributed by atoms with van der Waals surface area (Å²) in [4.78, 5) is 18.4. The van der Waals surface area contributed by atoms with Crippen molar-refractivity contribution in [3.63, 3.8) is 0 Å². The molecule has 7 nitrogen and oxygen atoms in total. The van der Waals surface area contributed by atoms with Crippen LogP contribution in [0.25, 0.3) is 11.4 Å². The van der Waals surface area contributed by atoms with E-state index in [4.69, 9.17) is 4.42 Å². The highest BCUT2D eigenvalue weighted by molar-refractivity contribution is 5.92. The van der Waals surface area contributed by atoms with Crippen LogP contribution in [0.15, 0.2) is 41.1 Å². The normalized spacial score (nSPS) is 16.9. The maximum absolute atomic E-state index is 12.6. The van der Waals surface area contributed by atoms with E-state index in [2.05, 4.69) is 26.7 Å². The van der Waals surface area contributed by atoms with E-state index >= 15 is 0 Å². The van der Waals surface area contributed by atoms with Gasteiger partial charge in [0.2, 0.25) is 5.76 Å². The fraction of sp³-hybridized carbons (Fsp3) is 0.294. The molecule has 0 aliphatic carbocycles. The van der Waals surface area contributed by atoms with Gasteiger partial charge in [0.05, 0.1) is 18.3 Å². The first-order chi connectivity index (χ1) is 11.6. The molecule has 0 bridgehead atoms. The van der Waals surface area contributed by atoms with Gasteiger partial charge in [0.1, 0.15) is 0 Å². The molecule has 4 rings (SSSR count). The second-order valence-electron chi connectivity index (χ2n) is 5.98. The van der Waals surface area contributed by atoms with Gasteiger partial charge < -0.3 is 13.9 Å². The zero-order valence-electron chi connectivity index (χ0n) is 13.5. The number of fused-ring (bicyclic) bond motifs is 1. The minimum absolute atomic E-state index is 0.0751. The second-order valence-corrected chi connectivity index (χ2v) is 5.98. The van der Waals surface area contributed by atoms with E-state index in [1.165, 1.54) is 6.39 Å². The Morgan fingerprint density at radius 1 is 1.25 bits per heavy atom. The van der Waals surface area contributed by atoms with Gasteiger partial charge in [-0.2, -0.15) is 0 Å². The summed E-state index contributed by atoms with van der Waals surface area (Å²) >= 11 is 0. The topological polar surface area (TPSA) is 77.1 Å². The third-order valence-corrected chi connectivity index (χ3v) is 4.28. The number of hydrogen-bond donors (Lipinski definition) is 0. The fourth-order valence-corrected chi connectivity index (χ4v) is 3.12. The molecule has 7 heteroatoms. The van der Waals surface area contributed by atoms with Crippen molar-refractivity contribution in [1.82, 2.24) is 24.6 Å². The summed E-state index contributed by atoms with van der Waals surface area (Å²) in [6.45, 7) is 4.80. The Balaban J connectivity index is 1.66. The average Bonchev–Trinajstić information content (AvgIpc) is 3.21. The standard InChI is InChI=1S/C17H17N5O2/c1-11-8-21(17(23)15-12(2)18-10-24-15)9-14-19-20-16(22(11)14)13-6-4-3-5-7-13/h3-7,10-11H,8-9H2,1-2H3/t11-/m0/s1. The van der Waals surface area contributed by atoms with E-state index in [0.717, 1.165) is 17.2 Å². The van der Waals surface area contributed by atoms with E-state index in [9.17, 15) is 4.79 Å². The average molecular weight is 323 g/mol. The molecule has 1 amide bonds. The lowest BCUT2D eigenvalue weighted by Crippen LogP contribution is -2.40. The maximum Gasteiger partial charge on any atom is 0.292 e. The number of carbonyl (C=O) groups excluding carboxylic acids is 1. The summed E-state index contributed by atoms with van der Waals surface area (Å²) in [5.74, 6) is 1.74. The first-order valence-electron chi connectivity index (χ1n) is 7.83. The molecule has 1 aliphatic heterocycles. The van der Waals surface area contributed by atoms with E-state index in [1.807, 2.05) is 30.3 Å². The van der Waals surface area contributed by atoms with Crippen LogP contribution < -0.4 is 0 Å². The molecule has 3 aromatic rings. The van der Waals surface area contributed by atoms with E-state index in [1.54, 1.807) is 11.8 Å². The Kier molecular flexibility index (Phi) is 3.41. The fourth-order valence-electron chi connectivity index (χ4n) is 3.12. The predicted octanol–water partition coefficient (Wildman–Crippen LogP) is 2.46. The Bertz CT molecular complexity index is 884. The summed E-state index contributed by atoms with van der Waals surface area (Å²) < 4.78 is 7.34. The predicted molar refractivity (Wildman–Crippen MR) is 86.1 cm³/mol. The molecular weight excluding hydrogens is 306 g/mol. The molecule has 3 heterocycles. The number of aryl methyl sites for hydroxylation is 1. The van der Waals surface area contributed by atoms with Crippen LogP contribution in [0.2, 0.25) is 0 Å². The van der Waals surface area contributed by atoms with Gasteiger partial charge in [-0.25, -0.2) is 4.98 Å². The molecule has 0 saturated heterocycles. The quantitative estimate of drug-likeness (QED) is 0.724. The lowest BCUT2D eigenvalue weighted by atomic mass is 10.1. The highest BCUT2D eigenvalue weighted by atomic mass is 16.3. The lowest BCUT2D eigenvalue weighted by Gasteiger charge is -2.32. The van der Waals surface area contributed by atoms with Crippen LogP contribution in [0.3, 0.4) is 0 Å². The Morgan fingerprint density at radius 2 is 2.04 bits per heavy atom. The first kappa shape index (κ1) is 14.6. The molecule has 0 fully saturated rings. The van der Waals surface area contributed by atoms with Crippen LogP contribution in [0.4, 0.5) is 0 Å². The molecule has 0 radical (unpaired) electrons. The minimum atomic E-state index is -0.160. The second kappa shape index (κ2) is 5.59. The van der Waals surface area contributed by atoms with Gasteiger partial charge in [-0.05, 0) is 13.8 Å². The third kappa shape index (κ3) is 2.29. The molecule has 2 aromatic heterocycles. The summed E-state index contributed by atoms with van der Waals surface area (Å²) in [5, 5.41) is 8.62. The maximum atomic E-state index is 12.6. The molecule has 0 unspecified atom stereocenters. The van der Waals surface area contributed by atoms with Crippen LogP contribution in [0, 0.1) is 6.92 Å². The molecule has 0 spiro atoms. The van der Waals surface area contributed by atoms with Crippen molar-refractivity contribution in [1.29, 1.82) is 0 Å². The number of benzene rings is 1. The van der Waals surface area contributed by atoms with Crippen molar-refractivity contribution < 1.29 is 9.21 Å². The van der Waals surface area contributed by atoms with Gasteiger partial charge >= 0.3 is 0 Å². The summed E-state index contributed by atoms with van der Waals surface area (Å²) in [7, 11) is 0. The van der Waals surface area contributed by atoms with Gasteiger partial charge in [0.25, 0.3) is 5.91 Å². The van der Waals surface area contributed by atoms with Crippen molar-refractivity contribution in [2.24, 2.45) is 0 Å². The molecule has 0 saturated carbocycles. The van der Waals surface area contributed by atoms with Crippen LogP contribution in [-0.4, -0.2) is 37.1 Å². The Labute approximate surface area is 138 Å². The summed E-state index contributed by atoms with van der Waals surface area (Å²) in [5.41, 5.74) is 1.62. The molecule has 1 aliphatic rings. The smallest absolute Gasteiger partial charge is 0.292 e. The van der Waals surface area contributed by atoms with Crippen molar-refractivity contribution >= 4 is 5.91 Å². The number of rotatable bonds is 2. The number of oxazole rings is 1. The van der Waals surface area contributed by atoms with Gasteiger partial charge in [-0.15, -0.1) is 10.2 Å². The van der Waals surface area contributed by atoms with Crippen LogP contribution in [0.5, 0.6) is 0 Å². The zero-order chi connectivity index (χ0) is 16.7. The molecule has 1 atom stereocenters. The lowest BCUT2D eigenvalue weighted by molar-refractivity contribution is 0.0649. The van der Waals surface area contributed by atoms with Gasteiger partial charge in [-0.3, -0.25) is 4.79 Å². The SMILES string of the molecule is Cc1ncoc1C(=O)N1Cc2nnc(-c3ccccc3)n2[C@@H](C)C1. The van der Waals surface area contributed by atoms with Crippen molar-refractivity contribution in [2.75, 3.05) is 6.54 Å². The first-order valence-corrected chi connectivity index (χ1v) is 7.83. The molecular formula is C17H17N5O2. The summed E-state index contributed by atoms with van der Waals surface area (Å²) in [6, 6.07) is 10.0. The number of carbonyl (C=O) groups is 1. The van der Waals surface area contributed by atoms with Crippen molar-refractivity contribution in [3.8, 4) is 11.4 Å². The number of amides is 1. The number of hydrogen-bond acceptors (Lipinski definition) is 5. The molecule has 122 valence electrons. The van der Waals surface area contributed by atoms with Crippen LogP contribution in [-0.2, 0) is 6.54 Å². The largest absolute Gasteiger partial charge is 0.438 e. The molecule has 0 N–H and O–H groups in total. The monoisotopic (exact) mass is 323 g/mol. The highest BCUT2D eigenvalue weighted by Crippen LogP contribution is 2.28. The number of aromatic nitrogens is 4. The van der Waals surface area contributed by atoms with Crippen LogP contribution >= 0.6 is 0 Å².